The van der Waals surface area contributed by atoms with Crippen molar-refractivity contribution in [1.82, 2.24) is 9.55 Å². The van der Waals surface area contributed by atoms with E-state index in [-0.39, 0.29) is 5.03 Å². The van der Waals surface area contributed by atoms with Gasteiger partial charge in [-0.1, -0.05) is 12.1 Å². The Morgan fingerprint density at radius 1 is 1.35 bits per heavy atom. The van der Waals surface area contributed by atoms with Gasteiger partial charge in [-0.15, -0.1) is 0 Å². The normalized spacial score (nSPS) is 11.6. The molecule has 0 amide bonds. The molecule has 0 aliphatic heterocycles. The van der Waals surface area contributed by atoms with Gasteiger partial charge in [-0.25, -0.2) is 4.98 Å². The van der Waals surface area contributed by atoms with Gasteiger partial charge in [-0.2, -0.15) is 8.42 Å². The molecule has 1 heterocycles. The van der Waals surface area contributed by atoms with Crippen LogP contribution >= 0.6 is 0 Å². The number of imidazole rings is 1. The van der Waals surface area contributed by atoms with Crippen LogP contribution in [-0.2, 0) is 23.6 Å². The molecular weight excluding hydrogens is 276 g/mol. The molecule has 7 heteroatoms. The molecule has 2 aromatic rings. The molecule has 20 heavy (non-hydrogen) atoms. The quantitative estimate of drug-likeness (QED) is 0.889. The molecule has 1 aromatic heterocycles. The number of sulfonamides is 1. The van der Waals surface area contributed by atoms with Gasteiger partial charge in [-0.3, -0.25) is 4.72 Å². The fraction of sp³-hybridized carbons (Fsp3) is 0.308. The number of benzene rings is 1. The maximum Gasteiger partial charge on any atom is 0.280 e. The molecular formula is C13H18N4O2S. The van der Waals surface area contributed by atoms with E-state index in [1.807, 2.05) is 19.1 Å². The van der Waals surface area contributed by atoms with Gasteiger partial charge in [-0.05, 0) is 31.0 Å². The third kappa shape index (κ3) is 2.83. The Kier molecular flexibility index (Phi) is 3.82. The number of rotatable bonds is 4. The highest BCUT2D eigenvalue weighted by Crippen LogP contribution is 2.20. The maximum atomic E-state index is 12.3. The summed E-state index contributed by atoms with van der Waals surface area (Å²) in [5.74, 6) is 0.637. The first kappa shape index (κ1) is 14.5. The van der Waals surface area contributed by atoms with Gasteiger partial charge < -0.3 is 10.3 Å². The second kappa shape index (κ2) is 5.26. The van der Waals surface area contributed by atoms with Crippen molar-refractivity contribution >= 4 is 15.7 Å². The third-order valence-corrected chi connectivity index (χ3v) is 4.38. The first-order valence-electron chi connectivity index (χ1n) is 6.16. The molecule has 0 saturated carbocycles. The number of hydrogen-bond acceptors (Lipinski definition) is 4. The molecule has 0 unspecified atom stereocenters. The summed E-state index contributed by atoms with van der Waals surface area (Å²) in [5.41, 5.74) is 7.80. The van der Waals surface area contributed by atoms with Crippen molar-refractivity contribution in [2.75, 3.05) is 4.72 Å². The van der Waals surface area contributed by atoms with E-state index >= 15 is 0 Å². The molecule has 1 aromatic carbocycles. The summed E-state index contributed by atoms with van der Waals surface area (Å²) >= 11 is 0. The van der Waals surface area contributed by atoms with Crippen molar-refractivity contribution in [3.05, 3.63) is 41.3 Å². The highest BCUT2D eigenvalue weighted by molar-refractivity contribution is 7.92. The second-order valence-electron chi connectivity index (χ2n) is 4.70. The lowest BCUT2D eigenvalue weighted by Crippen LogP contribution is -2.14. The van der Waals surface area contributed by atoms with Gasteiger partial charge in [0.2, 0.25) is 0 Å². The minimum Gasteiger partial charge on any atom is -0.337 e. The summed E-state index contributed by atoms with van der Waals surface area (Å²) in [6.45, 7) is 3.94. The van der Waals surface area contributed by atoms with Gasteiger partial charge in [0.15, 0.2) is 5.03 Å². The molecule has 0 radical (unpaired) electrons. The molecule has 0 aliphatic rings. The van der Waals surface area contributed by atoms with Crippen LogP contribution in [0.25, 0.3) is 0 Å². The Hall–Kier alpha value is -1.86. The zero-order chi connectivity index (χ0) is 14.9. The Bertz CT molecular complexity index is 715. The van der Waals surface area contributed by atoms with Crippen LogP contribution in [0.5, 0.6) is 0 Å². The summed E-state index contributed by atoms with van der Waals surface area (Å²) in [6, 6.07) is 5.45. The monoisotopic (exact) mass is 294 g/mol. The van der Waals surface area contributed by atoms with Crippen LogP contribution in [0.1, 0.15) is 17.0 Å². The highest BCUT2D eigenvalue weighted by atomic mass is 32.2. The van der Waals surface area contributed by atoms with E-state index in [2.05, 4.69) is 9.71 Å². The zero-order valence-corrected chi connectivity index (χ0v) is 12.5. The van der Waals surface area contributed by atoms with Crippen molar-refractivity contribution in [1.29, 1.82) is 0 Å². The van der Waals surface area contributed by atoms with Crippen LogP contribution in [0.15, 0.2) is 29.4 Å². The van der Waals surface area contributed by atoms with Gasteiger partial charge in [0.05, 0.1) is 5.69 Å². The van der Waals surface area contributed by atoms with Crippen molar-refractivity contribution in [3.8, 4) is 0 Å². The first-order chi connectivity index (χ1) is 9.33. The van der Waals surface area contributed by atoms with E-state index in [9.17, 15) is 8.42 Å². The molecule has 6 nitrogen and oxygen atoms in total. The Labute approximate surface area is 118 Å². The number of aromatic nitrogens is 2. The van der Waals surface area contributed by atoms with Crippen LogP contribution < -0.4 is 10.5 Å². The SMILES string of the molecule is Cc1ccc(CN)cc1NS(=O)(=O)c1cn(C)c(C)n1. The average molecular weight is 294 g/mol. The Morgan fingerprint density at radius 2 is 2.05 bits per heavy atom. The lowest BCUT2D eigenvalue weighted by atomic mass is 10.1. The summed E-state index contributed by atoms with van der Waals surface area (Å²) in [4.78, 5) is 4.04. The standard InChI is InChI=1S/C13H18N4O2S/c1-9-4-5-11(7-14)6-12(9)16-20(18,19)13-8-17(3)10(2)15-13/h4-6,8,16H,7,14H2,1-3H3. The summed E-state index contributed by atoms with van der Waals surface area (Å²) in [7, 11) is -1.93. The second-order valence-corrected chi connectivity index (χ2v) is 6.33. The van der Waals surface area contributed by atoms with Crippen LogP contribution in [0.3, 0.4) is 0 Å². The fourth-order valence-electron chi connectivity index (χ4n) is 1.76. The number of nitrogens with zero attached hydrogens (tertiary/aromatic N) is 2. The summed E-state index contributed by atoms with van der Waals surface area (Å²) < 4.78 is 28.8. The zero-order valence-electron chi connectivity index (χ0n) is 11.7. The Balaban J connectivity index is 2.37. The van der Waals surface area contributed by atoms with E-state index in [0.717, 1.165) is 11.1 Å². The minimum absolute atomic E-state index is 0.00931. The fourth-order valence-corrected chi connectivity index (χ4v) is 2.92. The molecule has 0 atom stereocenters. The molecule has 2 rings (SSSR count). The largest absolute Gasteiger partial charge is 0.337 e. The van der Waals surface area contributed by atoms with Gasteiger partial charge in [0.25, 0.3) is 10.0 Å². The van der Waals surface area contributed by atoms with E-state index in [1.165, 1.54) is 6.20 Å². The van der Waals surface area contributed by atoms with Crippen LogP contribution in [0.2, 0.25) is 0 Å². The van der Waals surface area contributed by atoms with Crippen LogP contribution in [-0.4, -0.2) is 18.0 Å². The van der Waals surface area contributed by atoms with Crippen molar-refractivity contribution in [2.45, 2.75) is 25.4 Å². The molecule has 0 saturated heterocycles. The number of aryl methyl sites for hydroxylation is 3. The molecule has 3 N–H and O–H groups in total. The summed E-state index contributed by atoms with van der Waals surface area (Å²) in [6.07, 6.45) is 1.49. The van der Waals surface area contributed by atoms with Crippen molar-refractivity contribution in [3.63, 3.8) is 0 Å². The minimum atomic E-state index is -3.69. The topological polar surface area (TPSA) is 90.0 Å². The number of nitrogens with one attached hydrogen (secondary N) is 1. The van der Waals surface area contributed by atoms with E-state index in [1.54, 1.807) is 24.6 Å². The van der Waals surface area contributed by atoms with Gasteiger partial charge in [0.1, 0.15) is 5.82 Å². The predicted octanol–water partition coefficient (Wildman–Crippen LogP) is 1.30. The predicted molar refractivity (Wildman–Crippen MR) is 77.8 cm³/mol. The lowest BCUT2D eigenvalue weighted by Gasteiger charge is -2.10. The maximum absolute atomic E-state index is 12.3. The molecule has 0 fully saturated rings. The first-order valence-corrected chi connectivity index (χ1v) is 7.64. The van der Waals surface area contributed by atoms with Gasteiger partial charge in [0, 0.05) is 19.8 Å². The molecule has 0 bridgehead atoms. The number of anilines is 1. The lowest BCUT2D eigenvalue weighted by molar-refractivity contribution is 0.598. The van der Waals surface area contributed by atoms with Crippen LogP contribution in [0.4, 0.5) is 5.69 Å². The highest BCUT2D eigenvalue weighted by Gasteiger charge is 2.19. The molecule has 0 spiro atoms. The third-order valence-electron chi connectivity index (χ3n) is 3.14. The number of hydrogen-bond donors (Lipinski definition) is 2. The molecule has 108 valence electrons. The summed E-state index contributed by atoms with van der Waals surface area (Å²) in [5, 5.41) is 0.00931. The number of nitrogens with two attached hydrogens (primary N) is 1. The Morgan fingerprint density at radius 3 is 2.60 bits per heavy atom. The van der Waals surface area contributed by atoms with E-state index in [0.29, 0.717) is 18.1 Å². The van der Waals surface area contributed by atoms with Crippen LogP contribution in [0, 0.1) is 13.8 Å². The average Bonchev–Trinajstić information content (AvgIpc) is 2.73. The van der Waals surface area contributed by atoms with Crippen molar-refractivity contribution < 1.29 is 8.42 Å². The van der Waals surface area contributed by atoms with Crippen molar-refractivity contribution in [2.24, 2.45) is 12.8 Å². The van der Waals surface area contributed by atoms with E-state index < -0.39 is 10.0 Å². The van der Waals surface area contributed by atoms with Gasteiger partial charge >= 0.3 is 0 Å². The van der Waals surface area contributed by atoms with E-state index in [4.69, 9.17) is 5.73 Å². The molecule has 0 aliphatic carbocycles. The smallest absolute Gasteiger partial charge is 0.280 e.